The Morgan fingerprint density at radius 2 is 1.88 bits per heavy atom. The molecule has 2 atom stereocenters. The molecule has 0 spiro atoms. The van der Waals surface area contributed by atoms with Gasteiger partial charge in [0.25, 0.3) is 23.3 Å². The first kappa shape index (κ1) is 30.6. The molecule has 12 heteroatoms. The maximum atomic E-state index is 14.0. The molecule has 0 bridgehead atoms. The van der Waals surface area contributed by atoms with E-state index in [1.807, 2.05) is 13.8 Å². The van der Waals surface area contributed by atoms with Gasteiger partial charge in [0.2, 0.25) is 0 Å². The van der Waals surface area contributed by atoms with Gasteiger partial charge in [0, 0.05) is 58.0 Å². The van der Waals surface area contributed by atoms with Crippen molar-refractivity contribution in [2.45, 2.75) is 64.1 Å². The second kappa shape index (κ2) is 13.1. The fraction of sp³-hybridized carbons (Fsp3) is 0.655. The third-order valence-electron chi connectivity index (χ3n) is 8.00. The summed E-state index contributed by atoms with van der Waals surface area (Å²) in [5.41, 5.74) is -0.944. The average molecular weight is 575 g/mol. The number of unbranched alkanes of at least 4 members (excludes halogenated alkanes) is 1. The third kappa shape index (κ3) is 6.43. The molecule has 2 fully saturated rings. The molecule has 1 aromatic rings. The number of hydrogen-bond acceptors (Lipinski definition) is 7. The van der Waals surface area contributed by atoms with Gasteiger partial charge in [-0.05, 0) is 64.7 Å². The van der Waals surface area contributed by atoms with Gasteiger partial charge in [0.05, 0.1) is 24.9 Å². The molecule has 0 aliphatic carbocycles. The number of rotatable bonds is 9. The van der Waals surface area contributed by atoms with Gasteiger partial charge in [-0.25, -0.2) is 4.79 Å². The Balaban J connectivity index is 1.65. The molecule has 0 radical (unpaired) electrons. The van der Waals surface area contributed by atoms with Crippen molar-refractivity contribution >= 4 is 29.5 Å². The minimum atomic E-state index is -1.75. The smallest absolute Gasteiger partial charge is 0.407 e. The summed E-state index contributed by atoms with van der Waals surface area (Å²) in [6.45, 7) is 8.44. The van der Waals surface area contributed by atoms with Crippen LogP contribution < -0.4 is 9.64 Å². The highest BCUT2D eigenvalue weighted by Crippen LogP contribution is 2.40. The Hall–Kier alpha value is -3.38. The summed E-state index contributed by atoms with van der Waals surface area (Å²) in [5.74, 6) is -0.786. The fourth-order valence-electron chi connectivity index (χ4n) is 5.85. The molecule has 4 amide bonds. The van der Waals surface area contributed by atoms with Crippen molar-refractivity contribution in [2.24, 2.45) is 0 Å². The quantitative estimate of drug-likeness (QED) is 0.352. The molecule has 12 nitrogen and oxygen atoms in total. The van der Waals surface area contributed by atoms with E-state index in [0.29, 0.717) is 88.7 Å². The van der Waals surface area contributed by atoms with Crippen LogP contribution in [-0.2, 0) is 19.1 Å². The van der Waals surface area contributed by atoms with Crippen LogP contribution in [0.15, 0.2) is 18.2 Å². The zero-order chi connectivity index (χ0) is 29.7. The second-order valence-electron chi connectivity index (χ2n) is 11.2. The van der Waals surface area contributed by atoms with Gasteiger partial charge in [-0.15, -0.1) is 0 Å². The van der Waals surface area contributed by atoms with Crippen molar-refractivity contribution in [3.63, 3.8) is 0 Å². The average Bonchev–Trinajstić information content (AvgIpc) is 2.97. The van der Waals surface area contributed by atoms with Crippen LogP contribution in [-0.4, -0.2) is 121 Å². The molecule has 2 saturated heterocycles. The maximum Gasteiger partial charge on any atom is 0.407 e. The lowest BCUT2D eigenvalue weighted by Gasteiger charge is -2.43. The SMILES string of the molecule is COCCCCN1C(=O)C(C)(C(=O)N2CCOCC2)Oc2ccc(C(=O)N(C(C)C)[C@@H]3CCCN(C(=O)O)C3)cc21. The summed E-state index contributed by atoms with van der Waals surface area (Å²) >= 11 is 0. The number of morpholine rings is 1. The molecule has 41 heavy (non-hydrogen) atoms. The number of anilines is 1. The number of methoxy groups -OCH3 is 1. The number of benzene rings is 1. The number of amides is 4. The number of ether oxygens (including phenoxy) is 3. The van der Waals surface area contributed by atoms with E-state index in [-0.39, 0.29) is 24.5 Å². The predicted octanol–water partition coefficient (Wildman–Crippen LogP) is 2.45. The standard InChI is InChI=1S/C29H42N4O8/c1-20(2)33(22-8-7-11-31(19-22)28(37)38)25(34)21-9-10-24-23(18-21)32(12-5-6-15-39-4)27(36)29(3,41-24)26(35)30-13-16-40-17-14-30/h9-10,18,20,22H,5-8,11-17,19H2,1-4H3,(H,37,38)/t22-,29?/m1/s1. The lowest BCUT2D eigenvalue weighted by atomic mass is 9.97. The normalized spacial score (nSPS) is 22.8. The molecule has 3 aliphatic rings. The summed E-state index contributed by atoms with van der Waals surface area (Å²) < 4.78 is 16.7. The number of hydrogen-bond donors (Lipinski definition) is 1. The van der Waals surface area contributed by atoms with Crippen LogP contribution in [0.1, 0.15) is 56.8 Å². The van der Waals surface area contributed by atoms with Crippen molar-refractivity contribution in [3.8, 4) is 5.75 Å². The molecule has 3 aliphatic heterocycles. The van der Waals surface area contributed by atoms with Crippen molar-refractivity contribution in [1.82, 2.24) is 14.7 Å². The van der Waals surface area contributed by atoms with Crippen molar-refractivity contribution in [3.05, 3.63) is 23.8 Å². The zero-order valence-corrected chi connectivity index (χ0v) is 24.5. The van der Waals surface area contributed by atoms with Gasteiger partial charge in [-0.3, -0.25) is 14.4 Å². The van der Waals surface area contributed by atoms with Crippen LogP contribution in [0.3, 0.4) is 0 Å². The number of carbonyl (C=O) groups is 4. The Morgan fingerprint density at radius 1 is 1.15 bits per heavy atom. The van der Waals surface area contributed by atoms with Crippen LogP contribution in [0.25, 0.3) is 0 Å². The molecule has 1 aromatic carbocycles. The molecule has 226 valence electrons. The van der Waals surface area contributed by atoms with E-state index in [9.17, 15) is 24.3 Å². The first-order chi connectivity index (χ1) is 19.6. The number of likely N-dealkylation sites (tertiary alicyclic amines) is 1. The molecule has 0 aromatic heterocycles. The van der Waals surface area contributed by atoms with E-state index in [4.69, 9.17) is 14.2 Å². The highest BCUT2D eigenvalue weighted by molar-refractivity contribution is 6.16. The van der Waals surface area contributed by atoms with Crippen LogP contribution in [0.5, 0.6) is 5.75 Å². The molecule has 1 N–H and O–H groups in total. The number of piperidine rings is 1. The largest absolute Gasteiger partial charge is 0.465 e. The summed E-state index contributed by atoms with van der Waals surface area (Å²) in [5, 5.41) is 9.52. The molecule has 4 rings (SSSR count). The lowest BCUT2D eigenvalue weighted by molar-refractivity contribution is -0.158. The first-order valence-corrected chi connectivity index (χ1v) is 14.4. The molecular weight excluding hydrogens is 532 g/mol. The fourth-order valence-corrected chi connectivity index (χ4v) is 5.85. The molecular formula is C29H42N4O8. The van der Waals surface area contributed by atoms with Gasteiger partial charge in [0.15, 0.2) is 0 Å². The third-order valence-corrected chi connectivity index (χ3v) is 8.00. The van der Waals surface area contributed by atoms with Crippen molar-refractivity contribution in [2.75, 3.05) is 64.6 Å². The van der Waals surface area contributed by atoms with Gasteiger partial charge in [-0.2, -0.15) is 0 Å². The molecule has 0 saturated carbocycles. The topological polar surface area (TPSA) is 129 Å². The van der Waals surface area contributed by atoms with E-state index in [1.54, 1.807) is 40.0 Å². The Morgan fingerprint density at radius 3 is 2.54 bits per heavy atom. The summed E-state index contributed by atoms with van der Waals surface area (Å²) in [6, 6.07) is 4.51. The maximum absolute atomic E-state index is 14.0. The minimum absolute atomic E-state index is 0.172. The van der Waals surface area contributed by atoms with Crippen LogP contribution in [0.4, 0.5) is 10.5 Å². The summed E-state index contributed by atoms with van der Waals surface area (Å²) in [6.07, 6.45) is 1.73. The van der Waals surface area contributed by atoms with Crippen molar-refractivity contribution < 1.29 is 38.5 Å². The van der Waals surface area contributed by atoms with Crippen LogP contribution in [0.2, 0.25) is 0 Å². The van der Waals surface area contributed by atoms with Crippen LogP contribution >= 0.6 is 0 Å². The van der Waals surface area contributed by atoms with E-state index in [1.165, 1.54) is 11.8 Å². The summed E-state index contributed by atoms with van der Waals surface area (Å²) in [4.78, 5) is 59.3. The van der Waals surface area contributed by atoms with Gasteiger partial charge in [-0.1, -0.05) is 0 Å². The molecule has 1 unspecified atom stereocenters. The predicted molar refractivity (Wildman–Crippen MR) is 150 cm³/mol. The number of carboxylic acid groups (broad SMARTS) is 1. The van der Waals surface area contributed by atoms with Crippen molar-refractivity contribution in [1.29, 1.82) is 0 Å². The number of carbonyl (C=O) groups excluding carboxylic acids is 3. The second-order valence-corrected chi connectivity index (χ2v) is 11.2. The Kier molecular flexibility index (Phi) is 9.75. The highest BCUT2D eigenvalue weighted by atomic mass is 16.5. The van der Waals surface area contributed by atoms with E-state index in [2.05, 4.69) is 0 Å². The Bertz CT molecular complexity index is 1140. The van der Waals surface area contributed by atoms with E-state index >= 15 is 0 Å². The minimum Gasteiger partial charge on any atom is -0.465 e. The zero-order valence-electron chi connectivity index (χ0n) is 24.5. The number of fused-ring (bicyclic) bond motifs is 1. The van der Waals surface area contributed by atoms with E-state index < -0.39 is 23.5 Å². The van der Waals surface area contributed by atoms with Gasteiger partial charge >= 0.3 is 6.09 Å². The first-order valence-electron chi connectivity index (χ1n) is 14.4. The Labute approximate surface area is 241 Å². The monoisotopic (exact) mass is 574 g/mol. The van der Waals surface area contributed by atoms with Crippen LogP contribution in [0, 0.1) is 0 Å². The summed E-state index contributed by atoms with van der Waals surface area (Å²) in [7, 11) is 1.62. The van der Waals surface area contributed by atoms with Gasteiger partial charge in [0.1, 0.15) is 5.75 Å². The number of nitrogens with zero attached hydrogens (tertiary/aromatic N) is 4. The van der Waals surface area contributed by atoms with Gasteiger partial charge < -0.3 is 38.9 Å². The highest BCUT2D eigenvalue weighted by Gasteiger charge is 2.52. The lowest BCUT2D eigenvalue weighted by Crippen LogP contribution is -2.64. The van der Waals surface area contributed by atoms with E-state index in [0.717, 1.165) is 0 Å². The molecule has 3 heterocycles.